The van der Waals surface area contributed by atoms with Crippen molar-refractivity contribution in [2.24, 2.45) is 0 Å². The fraction of sp³-hybridized carbons (Fsp3) is 0.462. The van der Waals surface area contributed by atoms with E-state index >= 15 is 0 Å². The molecule has 1 unspecified atom stereocenters. The Balaban J connectivity index is 1.44. The molecule has 1 aliphatic rings. The van der Waals surface area contributed by atoms with Crippen LogP contribution in [0.3, 0.4) is 0 Å². The molecule has 0 radical (unpaired) electrons. The summed E-state index contributed by atoms with van der Waals surface area (Å²) in [6.07, 6.45) is 8.18. The molecule has 0 saturated carbocycles. The Hall–Kier alpha value is -2.64. The highest BCUT2D eigenvalue weighted by Gasteiger charge is 2.17. The zero-order valence-corrected chi connectivity index (χ0v) is 20.1. The van der Waals surface area contributed by atoms with Crippen molar-refractivity contribution in [2.45, 2.75) is 58.0 Å². The van der Waals surface area contributed by atoms with Gasteiger partial charge in [-0.25, -0.2) is 0 Å². The summed E-state index contributed by atoms with van der Waals surface area (Å²) < 4.78 is 17.3. The monoisotopic (exact) mass is 470 g/mol. The van der Waals surface area contributed by atoms with Crippen LogP contribution < -0.4 is 20.1 Å². The van der Waals surface area contributed by atoms with Gasteiger partial charge in [-0.1, -0.05) is 44.7 Å². The van der Waals surface area contributed by atoms with Crippen molar-refractivity contribution in [3.8, 4) is 11.5 Å². The summed E-state index contributed by atoms with van der Waals surface area (Å²) in [5.74, 6) is 1.15. The maximum Gasteiger partial charge on any atom is 0.257 e. The second-order valence-electron chi connectivity index (χ2n) is 8.14. The number of anilines is 1. The van der Waals surface area contributed by atoms with E-state index in [2.05, 4.69) is 17.6 Å². The van der Waals surface area contributed by atoms with Crippen LogP contribution in [0.25, 0.3) is 0 Å². The van der Waals surface area contributed by atoms with Crippen molar-refractivity contribution in [1.82, 2.24) is 5.32 Å². The first-order chi connectivity index (χ1) is 16.2. The Morgan fingerprint density at radius 2 is 1.85 bits per heavy atom. The first kappa shape index (κ1) is 25.0. The molecule has 178 valence electrons. The van der Waals surface area contributed by atoms with E-state index in [0.717, 1.165) is 31.6 Å². The van der Waals surface area contributed by atoms with Crippen LogP contribution in [0.5, 0.6) is 11.5 Å². The number of nitrogens with one attached hydrogen (secondary N) is 2. The van der Waals surface area contributed by atoms with E-state index in [9.17, 15) is 4.79 Å². The van der Waals surface area contributed by atoms with Gasteiger partial charge in [0, 0.05) is 12.2 Å². The third kappa shape index (κ3) is 8.67. The average Bonchev–Trinajstić information content (AvgIpc) is 3.35. The van der Waals surface area contributed by atoms with Gasteiger partial charge in [0.25, 0.3) is 5.91 Å². The molecule has 2 aromatic carbocycles. The molecule has 0 aromatic heterocycles. The van der Waals surface area contributed by atoms with E-state index in [-0.39, 0.29) is 17.1 Å². The topological polar surface area (TPSA) is 68.8 Å². The number of carbonyl (C=O) groups is 1. The number of hydrogen-bond donors (Lipinski definition) is 2. The summed E-state index contributed by atoms with van der Waals surface area (Å²) in [5, 5.41) is 5.99. The lowest BCUT2D eigenvalue weighted by atomic mass is 10.2. The zero-order chi connectivity index (χ0) is 23.3. The van der Waals surface area contributed by atoms with Gasteiger partial charge in [0.15, 0.2) is 5.11 Å². The number of thiocarbonyl (C=S) groups is 1. The summed E-state index contributed by atoms with van der Waals surface area (Å²) in [5.41, 5.74) is 1.21. The van der Waals surface area contributed by atoms with E-state index in [1.165, 1.54) is 25.7 Å². The van der Waals surface area contributed by atoms with Gasteiger partial charge in [0.05, 0.1) is 18.4 Å². The molecule has 0 spiro atoms. The van der Waals surface area contributed by atoms with Gasteiger partial charge < -0.3 is 19.5 Å². The Bertz CT molecular complexity index is 882. The SMILES string of the molecule is CCCCCCCOc1ccc(C(=O)NC(=S)Nc2ccccc2OCC2CCCO2)cc1. The lowest BCUT2D eigenvalue weighted by molar-refractivity contribution is 0.0682. The first-order valence-electron chi connectivity index (χ1n) is 11.8. The van der Waals surface area contributed by atoms with Crippen molar-refractivity contribution in [2.75, 3.05) is 25.1 Å². The fourth-order valence-corrected chi connectivity index (χ4v) is 3.78. The quantitative estimate of drug-likeness (QED) is 0.305. The second kappa shape index (κ2) is 13.8. The number of ether oxygens (including phenoxy) is 3. The highest BCUT2D eigenvalue weighted by atomic mass is 32.1. The third-order valence-corrected chi connectivity index (χ3v) is 5.65. The van der Waals surface area contributed by atoms with Crippen molar-refractivity contribution in [1.29, 1.82) is 0 Å². The standard InChI is InChI=1S/C26H34N2O4S/c1-2-3-4-5-8-17-30-21-15-13-20(14-16-21)25(29)28-26(33)27-23-11-6-7-12-24(23)32-19-22-10-9-18-31-22/h6-7,11-16,22H,2-5,8-10,17-19H2,1H3,(H2,27,28,29,33). The lowest BCUT2D eigenvalue weighted by Crippen LogP contribution is -2.34. The molecular formula is C26H34N2O4S. The molecule has 33 heavy (non-hydrogen) atoms. The lowest BCUT2D eigenvalue weighted by Gasteiger charge is -2.16. The van der Waals surface area contributed by atoms with Crippen LogP contribution in [-0.4, -0.2) is 36.9 Å². The summed E-state index contributed by atoms with van der Waals surface area (Å²) in [4.78, 5) is 12.6. The number of unbranched alkanes of at least 4 members (excludes halogenated alkanes) is 4. The molecule has 1 fully saturated rings. The fourth-order valence-electron chi connectivity index (χ4n) is 3.58. The van der Waals surface area contributed by atoms with Gasteiger partial charge in [0.2, 0.25) is 0 Å². The minimum atomic E-state index is -0.281. The van der Waals surface area contributed by atoms with Gasteiger partial charge in [-0.05, 0) is 67.9 Å². The van der Waals surface area contributed by atoms with Gasteiger partial charge in [-0.15, -0.1) is 0 Å². The Morgan fingerprint density at radius 3 is 2.61 bits per heavy atom. The zero-order valence-electron chi connectivity index (χ0n) is 19.3. The van der Waals surface area contributed by atoms with Crippen molar-refractivity contribution >= 4 is 28.9 Å². The first-order valence-corrected chi connectivity index (χ1v) is 12.2. The molecule has 1 heterocycles. The molecule has 1 aliphatic heterocycles. The largest absolute Gasteiger partial charge is 0.494 e. The van der Waals surface area contributed by atoms with Crippen LogP contribution in [0, 0.1) is 0 Å². The van der Waals surface area contributed by atoms with Gasteiger partial charge in [-0.2, -0.15) is 0 Å². The molecule has 3 rings (SSSR count). The maximum absolute atomic E-state index is 12.6. The molecule has 0 aliphatic carbocycles. The van der Waals surface area contributed by atoms with Crippen LogP contribution in [0.4, 0.5) is 5.69 Å². The van der Waals surface area contributed by atoms with Crippen LogP contribution in [-0.2, 0) is 4.74 Å². The molecule has 0 bridgehead atoms. The van der Waals surface area contributed by atoms with Gasteiger partial charge >= 0.3 is 0 Å². The number of carbonyl (C=O) groups excluding carboxylic acids is 1. The molecule has 6 nitrogen and oxygen atoms in total. The number of amides is 1. The van der Waals surface area contributed by atoms with Crippen molar-refractivity contribution < 1.29 is 19.0 Å². The van der Waals surface area contributed by atoms with Gasteiger partial charge in [-0.3, -0.25) is 10.1 Å². The molecule has 1 saturated heterocycles. The summed E-state index contributed by atoms with van der Waals surface area (Å²) in [6, 6.07) is 14.6. The minimum absolute atomic E-state index is 0.123. The van der Waals surface area contributed by atoms with Crippen LogP contribution in [0.1, 0.15) is 62.2 Å². The van der Waals surface area contributed by atoms with E-state index in [1.807, 2.05) is 36.4 Å². The van der Waals surface area contributed by atoms with Crippen LogP contribution in [0.2, 0.25) is 0 Å². The Morgan fingerprint density at radius 1 is 1.06 bits per heavy atom. The second-order valence-corrected chi connectivity index (χ2v) is 8.55. The van der Waals surface area contributed by atoms with Crippen molar-refractivity contribution in [3.63, 3.8) is 0 Å². The number of hydrogen-bond acceptors (Lipinski definition) is 5. The Labute approximate surface area is 202 Å². The number of rotatable bonds is 12. The third-order valence-electron chi connectivity index (χ3n) is 5.44. The molecule has 1 atom stereocenters. The smallest absolute Gasteiger partial charge is 0.257 e. The van der Waals surface area contributed by atoms with Crippen molar-refractivity contribution in [3.05, 3.63) is 54.1 Å². The minimum Gasteiger partial charge on any atom is -0.494 e. The highest BCUT2D eigenvalue weighted by Crippen LogP contribution is 2.25. The van der Waals surface area contributed by atoms with Gasteiger partial charge in [0.1, 0.15) is 18.1 Å². The molecule has 2 aromatic rings. The average molecular weight is 471 g/mol. The summed E-state index contributed by atoms with van der Waals surface area (Å²) in [7, 11) is 0. The molecule has 7 heteroatoms. The van der Waals surface area contributed by atoms with E-state index < -0.39 is 0 Å². The summed E-state index contributed by atoms with van der Waals surface area (Å²) >= 11 is 5.34. The van der Waals surface area contributed by atoms with E-state index in [0.29, 0.717) is 30.2 Å². The molecular weight excluding hydrogens is 436 g/mol. The number of benzene rings is 2. The van der Waals surface area contributed by atoms with Crippen LogP contribution >= 0.6 is 12.2 Å². The van der Waals surface area contributed by atoms with E-state index in [4.69, 9.17) is 26.4 Å². The predicted octanol–water partition coefficient (Wildman–Crippen LogP) is 5.72. The number of para-hydroxylation sites is 2. The predicted molar refractivity (Wildman–Crippen MR) is 135 cm³/mol. The highest BCUT2D eigenvalue weighted by molar-refractivity contribution is 7.80. The summed E-state index contributed by atoms with van der Waals surface area (Å²) in [6.45, 7) is 4.18. The maximum atomic E-state index is 12.6. The van der Waals surface area contributed by atoms with E-state index in [1.54, 1.807) is 12.1 Å². The molecule has 2 N–H and O–H groups in total. The Kier molecular flexibility index (Phi) is 10.5. The molecule has 1 amide bonds. The normalized spacial score (nSPS) is 15.1. The van der Waals surface area contributed by atoms with Crippen LogP contribution in [0.15, 0.2) is 48.5 Å².